The zero-order valence-corrected chi connectivity index (χ0v) is 18.0. The maximum Gasteiger partial charge on any atom is 0.249 e. The van der Waals surface area contributed by atoms with E-state index in [0.717, 1.165) is 11.4 Å². The maximum atomic E-state index is 13.0. The zero-order valence-electron chi connectivity index (χ0n) is 18.0. The van der Waals surface area contributed by atoms with Gasteiger partial charge in [0.2, 0.25) is 11.8 Å². The molecule has 0 spiro atoms. The molecule has 1 atom stereocenters. The van der Waals surface area contributed by atoms with Crippen LogP contribution in [0.2, 0.25) is 0 Å². The predicted molar refractivity (Wildman–Crippen MR) is 125 cm³/mol. The van der Waals surface area contributed by atoms with Gasteiger partial charge in [-0.2, -0.15) is 0 Å². The Kier molecular flexibility index (Phi) is 6.26. The maximum absolute atomic E-state index is 13.0. The molecule has 1 aliphatic rings. The molecule has 0 saturated carbocycles. The lowest BCUT2D eigenvalue weighted by atomic mass is 10.1. The van der Waals surface area contributed by atoms with Crippen LogP contribution in [0.15, 0.2) is 72.8 Å². The number of ether oxygens (including phenoxy) is 2. The van der Waals surface area contributed by atoms with Crippen molar-refractivity contribution in [3.05, 3.63) is 72.8 Å². The van der Waals surface area contributed by atoms with E-state index in [4.69, 9.17) is 9.47 Å². The molecule has 1 aliphatic heterocycles. The fourth-order valence-corrected chi connectivity index (χ4v) is 3.50. The van der Waals surface area contributed by atoms with E-state index >= 15 is 0 Å². The molecule has 2 amide bonds. The van der Waals surface area contributed by atoms with Crippen molar-refractivity contribution < 1.29 is 19.1 Å². The molecule has 1 heterocycles. The molecule has 32 heavy (non-hydrogen) atoms. The lowest BCUT2D eigenvalue weighted by Crippen LogP contribution is -2.47. The highest BCUT2D eigenvalue weighted by Crippen LogP contribution is 2.30. The summed E-state index contributed by atoms with van der Waals surface area (Å²) in [5.41, 5.74) is 2.12. The van der Waals surface area contributed by atoms with Gasteiger partial charge in [0.1, 0.15) is 29.8 Å². The SMILES string of the molecule is CCOc1ccc(Oc2ccc(N[C@@H](C)C(=O)N3CC(=O)Nc4ccccc43)cc2)cc1. The monoisotopic (exact) mass is 431 g/mol. The Morgan fingerprint density at radius 2 is 1.62 bits per heavy atom. The first-order valence-electron chi connectivity index (χ1n) is 10.5. The van der Waals surface area contributed by atoms with Gasteiger partial charge in [-0.15, -0.1) is 0 Å². The first kappa shape index (κ1) is 21.2. The number of carbonyl (C=O) groups excluding carboxylic acids is 2. The summed E-state index contributed by atoms with van der Waals surface area (Å²) >= 11 is 0. The fourth-order valence-electron chi connectivity index (χ4n) is 3.50. The molecule has 3 aromatic carbocycles. The minimum atomic E-state index is -0.521. The average molecular weight is 431 g/mol. The lowest BCUT2D eigenvalue weighted by Gasteiger charge is -2.31. The minimum Gasteiger partial charge on any atom is -0.494 e. The molecule has 0 fully saturated rings. The highest BCUT2D eigenvalue weighted by atomic mass is 16.5. The molecule has 0 saturated heterocycles. The van der Waals surface area contributed by atoms with Crippen molar-refractivity contribution in [1.29, 1.82) is 0 Å². The van der Waals surface area contributed by atoms with E-state index in [9.17, 15) is 9.59 Å². The van der Waals surface area contributed by atoms with Crippen molar-refractivity contribution in [2.24, 2.45) is 0 Å². The summed E-state index contributed by atoms with van der Waals surface area (Å²) in [4.78, 5) is 26.6. The fraction of sp³-hybridized carbons (Fsp3) is 0.200. The van der Waals surface area contributed by atoms with Crippen molar-refractivity contribution in [2.75, 3.05) is 28.7 Å². The molecule has 0 unspecified atom stereocenters. The van der Waals surface area contributed by atoms with Gasteiger partial charge < -0.3 is 20.1 Å². The molecule has 0 radical (unpaired) electrons. The highest BCUT2D eigenvalue weighted by Gasteiger charge is 2.29. The van der Waals surface area contributed by atoms with Crippen LogP contribution in [0.5, 0.6) is 17.2 Å². The van der Waals surface area contributed by atoms with Crippen LogP contribution in [0, 0.1) is 0 Å². The van der Waals surface area contributed by atoms with Gasteiger partial charge in [0, 0.05) is 5.69 Å². The van der Waals surface area contributed by atoms with Gasteiger partial charge in [0.15, 0.2) is 0 Å². The molecule has 4 rings (SSSR count). The summed E-state index contributed by atoms with van der Waals surface area (Å²) in [6.07, 6.45) is 0. The second-order valence-corrected chi connectivity index (χ2v) is 7.39. The summed E-state index contributed by atoms with van der Waals surface area (Å²) in [6.45, 7) is 4.34. The van der Waals surface area contributed by atoms with Crippen molar-refractivity contribution >= 4 is 28.9 Å². The smallest absolute Gasteiger partial charge is 0.249 e. The molecular weight excluding hydrogens is 406 g/mol. The normalized spacial score (nSPS) is 13.6. The largest absolute Gasteiger partial charge is 0.494 e. The molecule has 164 valence electrons. The molecule has 2 N–H and O–H groups in total. The van der Waals surface area contributed by atoms with Crippen LogP contribution in [-0.2, 0) is 9.59 Å². The summed E-state index contributed by atoms with van der Waals surface area (Å²) in [5.74, 6) is 1.80. The Hall–Kier alpha value is -4.00. The summed E-state index contributed by atoms with van der Waals surface area (Å²) < 4.78 is 11.3. The van der Waals surface area contributed by atoms with Crippen molar-refractivity contribution in [3.8, 4) is 17.2 Å². The van der Waals surface area contributed by atoms with E-state index in [1.165, 1.54) is 4.90 Å². The van der Waals surface area contributed by atoms with Gasteiger partial charge in [-0.3, -0.25) is 14.5 Å². The Morgan fingerprint density at radius 1 is 1.00 bits per heavy atom. The van der Waals surface area contributed by atoms with E-state index in [1.807, 2.05) is 73.7 Å². The number of nitrogens with one attached hydrogen (secondary N) is 2. The van der Waals surface area contributed by atoms with Crippen LogP contribution < -0.4 is 25.0 Å². The quantitative estimate of drug-likeness (QED) is 0.569. The zero-order chi connectivity index (χ0) is 22.5. The number of nitrogens with zero attached hydrogens (tertiary/aromatic N) is 1. The average Bonchev–Trinajstić information content (AvgIpc) is 2.80. The van der Waals surface area contributed by atoms with E-state index in [2.05, 4.69) is 10.6 Å². The Labute approximate surface area is 187 Å². The Balaban J connectivity index is 1.39. The summed E-state index contributed by atoms with van der Waals surface area (Å²) in [5, 5.41) is 6.00. The molecule has 0 aliphatic carbocycles. The Morgan fingerprint density at radius 3 is 2.31 bits per heavy atom. The molecule has 0 bridgehead atoms. The van der Waals surface area contributed by atoms with Crippen LogP contribution in [0.1, 0.15) is 13.8 Å². The number of para-hydroxylation sites is 2. The molecular formula is C25H25N3O4. The van der Waals surface area contributed by atoms with E-state index in [1.54, 1.807) is 13.0 Å². The van der Waals surface area contributed by atoms with Gasteiger partial charge >= 0.3 is 0 Å². The number of hydrogen-bond acceptors (Lipinski definition) is 5. The topological polar surface area (TPSA) is 79.9 Å². The van der Waals surface area contributed by atoms with E-state index in [0.29, 0.717) is 29.5 Å². The number of anilines is 3. The number of rotatable bonds is 7. The second-order valence-electron chi connectivity index (χ2n) is 7.39. The van der Waals surface area contributed by atoms with Crippen molar-refractivity contribution in [2.45, 2.75) is 19.9 Å². The van der Waals surface area contributed by atoms with Crippen LogP contribution in [0.25, 0.3) is 0 Å². The first-order chi connectivity index (χ1) is 15.5. The molecule has 7 heteroatoms. The predicted octanol–water partition coefficient (Wildman–Crippen LogP) is 4.66. The first-order valence-corrected chi connectivity index (χ1v) is 10.5. The second kappa shape index (κ2) is 9.43. The summed E-state index contributed by atoms with van der Waals surface area (Å²) in [7, 11) is 0. The number of hydrogen-bond donors (Lipinski definition) is 2. The molecule has 0 aromatic heterocycles. The number of benzene rings is 3. The van der Waals surface area contributed by atoms with E-state index in [-0.39, 0.29) is 18.4 Å². The van der Waals surface area contributed by atoms with Gasteiger partial charge in [0.25, 0.3) is 0 Å². The number of fused-ring (bicyclic) bond motifs is 1. The highest BCUT2D eigenvalue weighted by molar-refractivity contribution is 6.11. The van der Waals surface area contributed by atoms with Gasteiger partial charge in [-0.25, -0.2) is 0 Å². The van der Waals surface area contributed by atoms with Gasteiger partial charge in [0.05, 0.1) is 18.0 Å². The van der Waals surface area contributed by atoms with E-state index < -0.39 is 6.04 Å². The molecule has 7 nitrogen and oxygen atoms in total. The summed E-state index contributed by atoms with van der Waals surface area (Å²) in [6, 6.07) is 21.6. The standard InChI is InChI=1S/C25H25N3O4/c1-3-31-19-12-14-21(15-13-19)32-20-10-8-18(9-11-20)26-17(2)25(30)28-16-24(29)27-22-6-4-5-7-23(22)28/h4-15,17,26H,3,16H2,1-2H3,(H,27,29)/t17-/m0/s1. The molecule has 3 aromatic rings. The third-order valence-electron chi connectivity index (χ3n) is 5.02. The number of amides is 2. The van der Waals surface area contributed by atoms with Crippen LogP contribution in [0.3, 0.4) is 0 Å². The van der Waals surface area contributed by atoms with Crippen molar-refractivity contribution in [3.63, 3.8) is 0 Å². The van der Waals surface area contributed by atoms with Crippen molar-refractivity contribution in [1.82, 2.24) is 0 Å². The third-order valence-corrected chi connectivity index (χ3v) is 5.02. The third kappa shape index (κ3) is 4.83. The minimum absolute atomic E-state index is 0.00324. The van der Waals surface area contributed by atoms with Crippen LogP contribution in [0.4, 0.5) is 17.1 Å². The lowest BCUT2D eigenvalue weighted by molar-refractivity contribution is -0.122. The number of carbonyl (C=O) groups is 2. The van der Waals surface area contributed by atoms with Crippen LogP contribution >= 0.6 is 0 Å². The van der Waals surface area contributed by atoms with Gasteiger partial charge in [-0.1, -0.05) is 12.1 Å². The Bertz CT molecular complexity index is 1100. The van der Waals surface area contributed by atoms with Crippen LogP contribution in [-0.4, -0.2) is 31.0 Å². The van der Waals surface area contributed by atoms with Gasteiger partial charge in [-0.05, 0) is 74.5 Å².